The Morgan fingerprint density at radius 1 is 0.966 bits per heavy atom. The molecule has 2 aromatic heterocycles. The molecule has 0 atom stereocenters. The highest BCUT2D eigenvalue weighted by Crippen LogP contribution is 2.29. The van der Waals surface area contributed by atoms with Gasteiger partial charge < -0.3 is 9.80 Å². The van der Waals surface area contributed by atoms with Crippen LogP contribution in [-0.2, 0) is 0 Å². The number of fused-ring (bicyclic) bond motifs is 2. The van der Waals surface area contributed by atoms with Crippen LogP contribution in [0.2, 0.25) is 0 Å². The standard InChI is InChI=1S/C23H20FN3OS/c1-15-2-7-20-16(12-15)13-17-14-21(29-22(17)25-20)23(28)27-10-8-26(9-11-27)19-5-3-18(24)4-6-19/h2-7,12-14H,8-11H2,1H3. The van der Waals surface area contributed by atoms with E-state index in [2.05, 4.69) is 30.0 Å². The number of anilines is 1. The maximum Gasteiger partial charge on any atom is 0.264 e. The molecule has 4 aromatic rings. The van der Waals surface area contributed by atoms with E-state index in [1.807, 2.05) is 17.0 Å². The molecule has 29 heavy (non-hydrogen) atoms. The number of amides is 1. The molecular weight excluding hydrogens is 385 g/mol. The van der Waals surface area contributed by atoms with Crippen molar-refractivity contribution in [3.05, 3.63) is 70.9 Å². The van der Waals surface area contributed by atoms with Gasteiger partial charge in [-0.1, -0.05) is 11.6 Å². The lowest BCUT2D eigenvalue weighted by Crippen LogP contribution is -2.48. The summed E-state index contributed by atoms with van der Waals surface area (Å²) < 4.78 is 13.1. The van der Waals surface area contributed by atoms with Gasteiger partial charge in [-0.2, -0.15) is 0 Å². The van der Waals surface area contributed by atoms with Crippen molar-refractivity contribution in [3.8, 4) is 0 Å². The van der Waals surface area contributed by atoms with Crippen molar-refractivity contribution in [2.24, 2.45) is 0 Å². The number of aromatic nitrogens is 1. The molecule has 6 heteroatoms. The van der Waals surface area contributed by atoms with Gasteiger partial charge in [0.15, 0.2) is 0 Å². The molecule has 5 rings (SSSR count). The van der Waals surface area contributed by atoms with Crippen LogP contribution in [0.25, 0.3) is 21.1 Å². The second-order valence-corrected chi connectivity index (χ2v) is 8.48. The second-order valence-electron chi connectivity index (χ2n) is 7.45. The van der Waals surface area contributed by atoms with Crippen molar-refractivity contribution in [1.82, 2.24) is 9.88 Å². The van der Waals surface area contributed by atoms with Crippen molar-refractivity contribution in [3.63, 3.8) is 0 Å². The summed E-state index contributed by atoms with van der Waals surface area (Å²) in [6.45, 7) is 4.85. The smallest absolute Gasteiger partial charge is 0.264 e. The van der Waals surface area contributed by atoms with Gasteiger partial charge in [0, 0.05) is 42.6 Å². The van der Waals surface area contributed by atoms with Gasteiger partial charge in [0.2, 0.25) is 0 Å². The van der Waals surface area contributed by atoms with Crippen LogP contribution in [-0.4, -0.2) is 42.0 Å². The first kappa shape index (κ1) is 18.1. The van der Waals surface area contributed by atoms with E-state index in [-0.39, 0.29) is 11.7 Å². The minimum atomic E-state index is -0.233. The summed E-state index contributed by atoms with van der Waals surface area (Å²) in [4.78, 5) is 23.5. The van der Waals surface area contributed by atoms with Crippen LogP contribution in [0, 0.1) is 12.7 Å². The fourth-order valence-corrected chi connectivity index (χ4v) is 4.83. The summed E-state index contributed by atoms with van der Waals surface area (Å²) in [5, 5.41) is 2.11. The van der Waals surface area contributed by atoms with Gasteiger partial charge in [0.25, 0.3) is 5.91 Å². The summed E-state index contributed by atoms with van der Waals surface area (Å²) in [6.07, 6.45) is 0. The van der Waals surface area contributed by atoms with Crippen LogP contribution < -0.4 is 4.90 Å². The molecule has 1 saturated heterocycles. The normalized spacial score (nSPS) is 14.7. The van der Waals surface area contributed by atoms with Gasteiger partial charge in [0.05, 0.1) is 10.4 Å². The second kappa shape index (κ2) is 7.12. The molecule has 0 bridgehead atoms. The summed E-state index contributed by atoms with van der Waals surface area (Å²) in [6, 6.07) is 16.8. The van der Waals surface area contributed by atoms with Crippen LogP contribution in [0.15, 0.2) is 54.6 Å². The zero-order valence-electron chi connectivity index (χ0n) is 16.1. The Hall–Kier alpha value is -2.99. The minimum Gasteiger partial charge on any atom is -0.368 e. The van der Waals surface area contributed by atoms with E-state index in [1.54, 1.807) is 12.1 Å². The van der Waals surface area contributed by atoms with Crippen LogP contribution in [0.5, 0.6) is 0 Å². The topological polar surface area (TPSA) is 36.4 Å². The Bertz CT molecular complexity index is 1210. The fourth-order valence-electron chi connectivity index (χ4n) is 3.84. The molecule has 2 aromatic carbocycles. The van der Waals surface area contributed by atoms with Gasteiger partial charge in [0.1, 0.15) is 10.6 Å². The molecule has 1 aliphatic heterocycles. The Labute approximate surface area is 172 Å². The zero-order chi connectivity index (χ0) is 20.0. The summed E-state index contributed by atoms with van der Waals surface area (Å²) >= 11 is 1.46. The summed E-state index contributed by atoms with van der Waals surface area (Å²) in [5.41, 5.74) is 3.15. The molecule has 0 aliphatic carbocycles. The number of hydrogen-bond donors (Lipinski definition) is 0. The lowest BCUT2D eigenvalue weighted by Gasteiger charge is -2.36. The highest BCUT2D eigenvalue weighted by molar-refractivity contribution is 7.20. The first-order chi connectivity index (χ1) is 14.1. The van der Waals surface area contributed by atoms with Gasteiger partial charge in [-0.3, -0.25) is 4.79 Å². The molecule has 1 fully saturated rings. The molecule has 3 heterocycles. The van der Waals surface area contributed by atoms with Gasteiger partial charge in [-0.15, -0.1) is 11.3 Å². The predicted molar refractivity (Wildman–Crippen MR) is 116 cm³/mol. The molecule has 0 N–H and O–H groups in total. The number of benzene rings is 2. The molecule has 0 saturated carbocycles. The lowest BCUT2D eigenvalue weighted by atomic mass is 10.1. The van der Waals surface area contributed by atoms with E-state index >= 15 is 0 Å². The SMILES string of the molecule is Cc1ccc2nc3sc(C(=O)N4CCN(c5ccc(F)cc5)CC4)cc3cc2c1. The zero-order valence-corrected chi connectivity index (χ0v) is 16.9. The number of pyridine rings is 1. The van der Waals surface area contributed by atoms with Crippen molar-refractivity contribution in [2.75, 3.05) is 31.1 Å². The van der Waals surface area contributed by atoms with Gasteiger partial charge >= 0.3 is 0 Å². The van der Waals surface area contributed by atoms with Gasteiger partial charge in [-0.25, -0.2) is 9.37 Å². The van der Waals surface area contributed by atoms with E-state index in [0.29, 0.717) is 13.1 Å². The number of carbonyl (C=O) groups excluding carboxylic acids is 1. The Kier molecular flexibility index (Phi) is 4.43. The van der Waals surface area contributed by atoms with E-state index in [4.69, 9.17) is 4.98 Å². The molecule has 1 amide bonds. The quantitative estimate of drug-likeness (QED) is 0.478. The number of piperazine rings is 1. The lowest BCUT2D eigenvalue weighted by molar-refractivity contribution is 0.0751. The summed E-state index contributed by atoms with van der Waals surface area (Å²) in [5.74, 6) is -0.171. The molecular formula is C23H20FN3OS. The maximum absolute atomic E-state index is 13.1. The molecule has 146 valence electrons. The van der Waals surface area contributed by atoms with E-state index < -0.39 is 0 Å². The minimum absolute atomic E-state index is 0.0620. The van der Waals surface area contributed by atoms with E-state index in [9.17, 15) is 9.18 Å². The number of carbonyl (C=O) groups is 1. The average molecular weight is 405 g/mol. The number of hydrogen-bond acceptors (Lipinski definition) is 4. The maximum atomic E-state index is 13.1. The molecule has 0 unspecified atom stereocenters. The van der Waals surface area contributed by atoms with Crippen molar-refractivity contribution in [1.29, 1.82) is 0 Å². The third-order valence-corrected chi connectivity index (χ3v) is 6.46. The molecule has 0 spiro atoms. The highest BCUT2D eigenvalue weighted by atomic mass is 32.1. The average Bonchev–Trinajstić information content (AvgIpc) is 3.15. The third-order valence-electron chi connectivity index (χ3n) is 5.43. The molecule has 0 radical (unpaired) electrons. The predicted octanol–water partition coefficient (Wildman–Crippen LogP) is 4.86. The van der Waals surface area contributed by atoms with Crippen LogP contribution in [0.1, 0.15) is 15.2 Å². The Balaban J connectivity index is 1.34. The fraction of sp³-hybridized carbons (Fsp3) is 0.217. The first-order valence-electron chi connectivity index (χ1n) is 9.67. The number of thiophene rings is 1. The van der Waals surface area contributed by atoms with Crippen molar-refractivity contribution in [2.45, 2.75) is 6.92 Å². The summed E-state index contributed by atoms with van der Waals surface area (Å²) in [7, 11) is 0. The van der Waals surface area contributed by atoms with Crippen LogP contribution in [0.3, 0.4) is 0 Å². The van der Waals surface area contributed by atoms with Crippen LogP contribution >= 0.6 is 11.3 Å². The Morgan fingerprint density at radius 3 is 2.48 bits per heavy atom. The molecule has 4 nitrogen and oxygen atoms in total. The number of rotatable bonds is 2. The number of aryl methyl sites for hydroxylation is 1. The van der Waals surface area contributed by atoms with Crippen molar-refractivity contribution < 1.29 is 9.18 Å². The Morgan fingerprint density at radius 2 is 1.72 bits per heavy atom. The van der Waals surface area contributed by atoms with Gasteiger partial charge in [-0.05, 0) is 55.5 Å². The monoisotopic (exact) mass is 405 g/mol. The van der Waals surface area contributed by atoms with Crippen LogP contribution in [0.4, 0.5) is 10.1 Å². The van der Waals surface area contributed by atoms with Crippen molar-refractivity contribution >= 4 is 44.1 Å². The third kappa shape index (κ3) is 3.44. The largest absolute Gasteiger partial charge is 0.368 e. The van der Waals surface area contributed by atoms with E-state index in [0.717, 1.165) is 44.8 Å². The number of halogens is 1. The highest BCUT2D eigenvalue weighted by Gasteiger charge is 2.24. The molecule has 1 aliphatic rings. The van der Waals surface area contributed by atoms with E-state index in [1.165, 1.54) is 29.0 Å². The first-order valence-corrected chi connectivity index (χ1v) is 10.5. The number of nitrogens with zero attached hydrogens (tertiary/aromatic N) is 3.